The highest BCUT2D eigenvalue weighted by molar-refractivity contribution is 5.93. The molecule has 5 aromatic rings. The molecule has 0 N–H and O–H groups in total. The fraction of sp³-hybridized carbons (Fsp3) is 0.344. The van der Waals surface area contributed by atoms with Crippen LogP contribution in [0.15, 0.2) is 174 Å². The van der Waals surface area contributed by atoms with Gasteiger partial charge in [-0.05, 0) is 133 Å². The van der Waals surface area contributed by atoms with Crippen molar-refractivity contribution < 1.29 is 26.3 Å². The minimum absolute atomic E-state index is 0.223. The minimum atomic E-state index is -4.44. The van der Waals surface area contributed by atoms with E-state index in [9.17, 15) is 26.3 Å². The normalized spacial score (nSPS) is 24.8. The number of hydrogen-bond acceptors (Lipinski definition) is 0. The Labute approximate surface area is 391 Å². The van der Waals surface area contributed by atoms with E-state index in [2.05, 4.69) is 159 Å². The van der Waals surface area contributed by atoms with Gasteiger partial charge in [0.2, 0.25) is 0 Å². The summed E-state index contributed by atoms with van der Waals surface area (Å²) in [6.07, 6.45) is 6.19. The number of halogens is 6. The average Bonchev–Trinajstić information content (AvgIpc) is 3.98. The summed E-state index contributed by atoms with van der Waals surface area (Å²) < 4.78 is 82.2. The van der Waals surface area contributed by atoms with Gasteiger partial charge in [0.25, 0.3) is 0 Å². The summed E-state index contributed by atoms with van der Waals surface area (Å²) >= 11 is 0. The summed E-state index contributed by atoms with van der Waals surface area (Å²) in [6, 6.07) is 36.8. The summed E-state index contributed by atoms with van der Waals surface area (Å²) in [6.45, 7) is 20.2. The predicted octanol–water partition coefficient (Wildman–Crippen LogP) is 17.6. The number of fused-ring (bicyclic) bond motifs is 6. The second kappa shape index (κ2) is 14.9. The molecule has 0 nitrogen and oxygen atoms in total. The Morgan fingerprint density at radius 1 is 0.522 bits per heavy atom. The highest BCUT2D eigenvalue weighted by atomic mass is 19.4. The molecule has 5 aliphatic rings. The maximum Gasteiger partial charge on any atom is 0.416 e. The maximum atomic E-state index is 13.7. The first-order valence-electron chi connectivity index (χ1n) is 23.7. The Balaban J connectivity index is 1.31. The average molecular weight is 905 g/mol. The van der Waals surface area contributed by atoms with E-state index in [-0.39, 0.29) is 22.2 Å². The van der Waals surface area contributed by atoms with Crippen LogP contribution in [0, 0.1) is 33.0 Å². The molecule has 0 saturated heterocycles. The zero-order valence-corrected chi connectivity index (χ0v) is 39.6. The van der Waals surface area contributed by atoms with Crippen LogP contribution in [0.25, 0.3) is 27.8 Å². The second-order valence-electron chi connectivity index (χ2n) is 21.6. The van der Waals surface area contributed by atoms with Crippen LogP contribution in [-0.4, -0.2) is 0 Å². The van der Waals surface area contributed by atoms with Crippen molar-refractivity contribution in [2.45, 2.75) is 98.8 Å². The number of rotatable bonds is 6. The number of benzene rings is 5. The fourth-order valence-corrected chi connectivity index (χ4v) is 14.3. The van der Waals surface area contributed by atoms with E-state index in [0.717, 1.165) is 65.8 Å². The molecule has 67 heavy (non-hydrogen) atoms. The molecule has 0 aliphatic heterocycles. The summed E-state index contributed by atoms with van der Waals surface area (Å²) in [5, 5.41) is 0. The van der Waals surface area contributed by atoms with Crippen molar-refractivity contribution in [3.8, 4) is 22.3 Å². The molecule has 0 spiro atoms. The lowest BCUT2D eigenvalue weighted by Crippen LogP contribution is -2.72. The van der Waals surface area contributed by atoms with Gasteiger partial charge in [-0.2, -0.15) is 26.3 Å². The Hall–Kier alpha value is -5.62. The van der Waals surface area contributed by atoms with Crippen LogP contribution in [0.5, 0.6) is 0 Å². The van der Waals surface area contributed by atoms with Crippen molar-refractivity contribution in [1.29, 1.82) is 0 Å². The van der Waals surface area contributed by atoms with Crippen LogP contribution in [-0.2, 0) is 24.2 Å². The largest absolute Gasteiger partial charge is 0.416 e. The van der Waals surface area contributed by atoms with E-state index in [1.807, 2.05) is 0 Å². The quantitative estimate of drug-likeness (QED) is 0.149. The molecule has 10 rings (SSSR count). The third-order valence-corrected chi connectivity index (χ3v) is 19.0. The molecule has 1 saturated carbocycles. The van der Waals surface area contributed by atoms with E-state index in [1.165, 1.54) is 39.0 Å². The van der Waals surface area contributed by atoms with Crippen LogP contribution in [0.4, 0.5) is 26.3 Å². The van der Waals surface area contributed by atoms with Crippen LogP contribution in [0.3, 0.4) is 0 Å². The van der Waals surface area contributed by atoms with Gasteiger partial charge in [0.1, 0.15) is 0 Å². The minimum Gasteiger partial charge on any atom is -0.166 e. The van der Waals surface area contributed by atoms with Gasteiger partial charge in [0.15, 0.2) is 0 Å². The van der Waals surface area contributed by atoms with Gasteiger partial charge in [-0.25, -0.2) is 0 Å². The third kappa shape index (κ3) is 6.05. The zero-order valence-electron chi connectivity index (χ0n) is 39.6. The number of alkyl halides is 6. The Bertz CT molecular complexity index is 2840. The summed E-state index contributed by atoms with van der Waals surface area (Å²) in [4.78, 5) is 0. The van der Waals surface area contributed by atoms with Crippen LogP contribution >= 0.6 is 0 Å². The Kier molecular flexibility index (Phi) is 10.1. The molecule has 0 aromatic heterocycles. The van der Waals surface area contributed by atoms with Gasteiger partial charge < -0.3 is 0 Å². The SMILES string of the molecule is CC12C(=C3Cc4ccccc4C3=C3C=CCCC31)C(C)(C(C1=CC=CC1)(c1ccc(-c3ccc(C(F)(F)F)cc3)cc1)c1ccc(-c3ccc(C(F)(F)F)cc3)cc1)C(C)(C)C(C)(C)C2(C)C. The molecule has 0 amide bonds. The molecule has 3 unspecified atom stereocenters. The molecule has 1 fully saturated rings. The first-order valence-corrected chi connectivity index (χ1v) is 23.7. The molecule has 5 aromatic carbocycles. The fourth-order valence-electron chi connectivity index (χ4n) is 14.3. The van der Waals surface area contributed by atoms with Crippen molar-refractivity contribution in [2.75, 3.05) is 0 Å². The van der Waals surface area contributed by atoms with Gasteiger partial charge in [-0.1, -0.05) is 194 Å². The van der Waals surface area contributed by atoms with E-state index >= 15 is 0 Å². The Morgan fingerprint density at radius 3 is 1.46 bits per heavy atom. The van der Waals surface area contributed by atoms with E-state index in [0.29, 0.717) is 17.5 Å². The molecule has 5 aliphatic carbocycles. The maximum absolute atomic E-state index is 13.7. The van der Waals surface area contributed by atoms with Crippen LogP contribution in [0.2, 0.25) is 0 Å². The molecule has 0 bridgehead atoms. The molecule has 3 atom stereocenters. The molecular formula is C61H58F6. The van der Waals surface area contributed by atoms with Crippen LogP contribution in [0.1, 0.15) is 108 Å². The number of allylic oxidation sites excluding steroid dienone is 10. The molecule has 344 valence electrons. The van der Waals surface area contributed by atoms with Gasteiger partial charge in [0, 0.05) is 10.8 Å². The van der Waals surface area contributed by atoms with E-state index in [1.54, 1.807) is 24.3 Å². The standard InChI is InChI=1S/C61H58F6/c1-54(2)55(3,4)57(7)51-20-14-13-19-49(51)52-48-18-12-9-15-42(48)37-50(52)53(57)58(8,56(54,5)6)59(43-16-10-11-17-43,44-29-21-38(22-30-44)40-25-33-46(34-26-40)60(62,63)64)45-31-23-39(24-32-45)41-27-35-47(36-28-41)61(65,66)67/h9-13,15-16,18-19,21-36,51H,14,17,20,37H2,1-8H3. The molecule has 6 heteroatoms. The third-order valence-electron chi connectivity index (χ3n) is 19.0. The smallest absolute Gasteiger partial charge is 0.166 e. The second-order valence-corrected chi connectivity index (χ2v) is 21.6. The molecular weight excluding hydrogens is 847 g/mol. The molecule has 0 heterocycles. The van der Waals surface area contributed by atoms with E-state index < -0.39 is 39.7 Å². The lowest BCUT2D eigenvalue weighted by Gasteiger charge is -2.78. The highest BCUT2D eigenvalue weighted by Crippen LogP contribution is 2.83. The number of hydrogen-bond donors (Lipinski definition) is 0. The molecule has 0 radical (unpaired) electrons. The van der Waals surface area contributed by atoms with Gasteiger partial charge in [0.05, 0.1) is 16.5 Å². The zero-order chi connectivity index (χ0) is 47.7. The summed E-state index contributed by atoms with van der Waals surface area (Å²) in [5.41, 5.74) is 10.7. The first kappa shape index (κ1) is 45.2. The van der Waals surface area contributed by atoms with Gasteiger partial charge >= 0.3 is 12.4 Å². The van der Waals surface area contributed by atoms with Crippen molar-refractivity contribution in [2.24, 2.45) is 33.0 Å². The topological polar surface area (TPSA) is 0 Å². The van der Waals surface area contributed by atoms with Crippen molar-refractivity contribution in [3.63, 3.8) is 0 Å². The summed E-state index contributed by atoms with van der Waals surface area (Å²) in [5.74, 6) is 0.236. The van der Waals surface area contributed by atoms with Crippen molar-refractivity contribution in [3.05, 3.63) is 207 Å². The summed E-state index contributed by atoms with van der Waals surface area (Å²) in [7, 11) is 0. The Morgan fingerprint density at radius 2 is 1.00 bits per heavy atom. The lowest BCUT2D eigenvalue weighted by atomic mass is 9.25. The first-order chi connectivity index (χ1) is 31.5. The van der Waals surface area contributed by atoms with E-state index in [4.69, 9.17) is 0 Å². The highest BCUT2D eigenvalue weighted by Gasteiger charge is 2.77. The monoisotopic (exact) mass is 904 g/mol. The van der Waals surface area contributed by atoms with Crippen LogP contribution < -0.4 is 0 Å². The van der Waals surface area contributed by atoms with Crippen molar-refractivity contribution in [1.82, 2.24) is 0 Å². The van der Waals surface area contributed by atoms with Crippen molar-refractivity contribution >= 4 is 5.57 Å². The lowest BCUT2D eigenvalue weighted by molar-refractivity contribution is -0.206. The van der Waals surface area contributed by atoms with Gasteiger partial charge in [-0.3, -0.25) is 0 Å². The van der Waals surface area contributed by atoms with Gasteiger partial charge in [-0.15, -0.1) is 0 Å². The predicted molar refractivity (Wildman–Crippen MR) is 260 cm³/mol.